The number of allylic oxidation sites excluding steroid dienone is 2. The van der Waals surface area contributed by atoms with Crippen LogP contribution in [0.5, 0.6) is 0 Å². The van der Waals surface area contributed by atoms with Crippen LogP contribution >= 0.6 is 12.6 Å². The maximum atomic E-state index is 11.3. The van der Waals surface area contributed by atoms with E-state index in [0.717, 1.165) is 23.3 Å². The topological polar surface area (TPSA) is 60.2 Å². The summed E-state index contributed by atoms with van der Waals surface area (Å²) in [5, 5.41) is 5.14. The van der Waals surface area contributed by atoms with Crippen molar-refractivity contribution >= 4 is 33.8 Å². The molecule has 25 heavy (non-hydrogen) atoms. The van der Waals surface area contributed by atoms with E-state index in [-0.39, 0.29) is 5.75 Å². The molecule has 2 aliphatic carbocycles. The second kappa shape index (κ2) is 6.01. The molecule has 0 aliphatic heterocycles. The first-order valence-corrected chi connectivity index (χ1v) is 10.6. The predicted octanol–water partition coefficient (Wildman–Crippen LogP) is 4.25. The number of rotatable bonds is 4. The summed E-state index contributed by atoms with van der Waals surface area (Å²) in [6.07, 6.45) is 4.84. The number of thiol groups is 1. The molecule has 0 heterocycles. The Hall–Kier alpha value is -1.56. The quantitative estimate of drug-likeness (QED) is 0.790. The van der Waals surface area contributed by atoms with E-state index in [1.807, 2.05) is 36.4 Å². The summed E-state index contributed by atoms with van der Waals surface area (Å²) in [5.41, 5.74) is 6.46. The summed E-state index contributed by atoms with van der Waals surface area (Å²) in [6, 6.07) is 16.2. The molecule has 5 heteroatoms. The van der Waals surface area contributed by atoms with Crippen LogP contribution in [0, 0.1) is 5.41 Å². The summed E-state index contributed by atoms with van der Waals surface area (Å²) >= 11 is 4.38. The highest BCUT2D eigenvalue weighted by atomic mass is 32.2. The highest BCUT2D eigenvalue weighted by Gasteiger charge is 2.48. The average Bonchev–Trinajstić information content (AvgIpc) is 3.19. The van der Waals surface area contributed by atoms with Gasteiger partial charge in [-0.25, -0.2) is 13.6 Å². The third-order valence-electron chi connectivity index (χ3n) is 5.31. The molecular formula is C20H21NO2S2. The molecule has 4 rings (SSSR count). The molecule has 0 bridgehead atoms. The van der Waals surface area contributed by atoms with Gasteiger partial charge in [-0.3, -0.25) is 0 Å². The number of benzene rings is 2. The first kappa shape index (κ1) is 16.9. The molecule has 0 unspecified atom stereocenters. The molecule has 2 aromatic rings. The number of hydrogen-bond donors (Lipinski definition) is 2. The zero-order valence-electron chi connectivity index (χ0n) is 13.9. The summed E-state index contributed by atoms with van der Waals surface area (Å²) < 4.78 is 22.5. The Bertz CT molecular complexity index is 938. The maximum absolute atomic E-state index is 11.3. The lowest BCUT2D eigenvalue weighted by Gasteiger charge is -2.09. The van der Waals surface area contributed by atoms with Crippen molar-refractivity contribution < 1.29 is 8.42 Å². The Balaban J connectivity index is 1.70. The van der Waals surface area contributed by atoms with Gasteiger partial charge in [0.2, 0.25) is 10.0 Å². The molecule has 1 fully saturated rings. The summed E-state index contributed by atoms with van der Waals surface area (Å²) in [5.74, 6) is -0.119. The number of primary sulfonamides is 1. The Morgan fingerprint density at radius 3 is 1.80 bits per heavy atom. The van der Waals surface area contributed by atoms with Crippen molar-refractivity contribution in [2.24, 2.45) is 10.6 Å². The van der Waals surface area contributed by atoms with Crippen LogP contribution < -0.4 is 5.14 Å². The molecular weight excluding hydrogens is 350 g/mol. The molecule has 0 saturated heterocycles. The Morgan fingerprint density at radius 1 is 0.880 bits per heavy atom. The van der Waals surface area contributed by atoms with E-state index in [1.165, 1.54) is 35.1 Å². The minimum absolute atomic E-state index is 0.119. The number of hydrogen-bond acceptors (Lipinski definition) is 3. The van der Waals surface area contributed by atoms with Crippen LogP contribution in [0.3, 0.4) is 0 Å². The van der Waals surface area contributed by atoms with Gasteiger partial charge in [-0.2, -0.15) is 0 Å². The van der Waals surface area contributed by atoms with Crippen LogP contribution in [0.2, 0.25) is 0 Å². The van der Waals surface area contributed by atoms with Gasteiger partial charge in [0, 0.05) is 4.90 Å². The molecule has 0 radical (unpaired) electrons. The fraction of sp³-hybridized carbons (Fsp3) is 0.300. The van der Waals surface area contributed by atoms with Crippen molar-refractivity contribution in [2.45, 2.75) is 36.3 Å². The molecule has 0 amide bonds. The first-order valence-electron chi connectivity index (χ1n) is 8.45. The predicted molar refractivity (Wildman–Crippen MR) is 105 cm³/mol. The zero-order chi connectivity index (χ0) is 17.7. The maximum Gasteiger partial charge on any atom is 0.213 e. The van der Waals surface area contributed by atoms with Crippen molar-refractivity contribution in [2.75, 3.05) is 0 Å². The van der Waals surface area contributed by atoms with Crippen molar-refractivity contribution in [3.63, 3.8) is 0 Å². The van der Waals surface area contributed by atoms with Crippen LogP contribution in [0.25, 0.3) is 11.1 Å². The van der Waals surface area contributed by atoms with Crippen LogP contribution in [-0.2, 0) is 15.8 Å². The van der Waals surface area contributed by atoms with E-state index in [4.69, 9.17) is 5.14 Å². The third kappa shape index (κ3) is 3.68. The highest BCUT2D eigenvalue weighted by Crippen LogP contribution is 2.63. The summed E-state index contributed by atoms with van der Waals surface area (Å²) in [6.45, 7) is 0. The molecule has 1 saturated carbocycles. The molecule has 130 valence electrons. The smallest absolute Gasteiger partial charge is 0.213 e. The molecule has 1 spiro atoms. The van der Waals surface area contributed by atoms with Gasteiger partial charge in [0.1, 0.15) is 0 Å². The normalized spacial score (nSPS) is 18.8. The van der Waals surface area contributed by atoms with Gasteiger partial charge < -0.3 is 0 Å². The van der Waals surface area contributed by atoms with Crippen molar-refractivity contribution in [3.8, 4) is 0 Å². The van der Waals surface area contributed by atoms with Gasteiger partial charge in [0.05, 0.1) is 5.75 Å². The fourth-order valence-corrected chi connectivity index (χ4v) is 4.61. The van der Waals surface area contributed by atoms with Crippen molar-refractivity contribution in [1.29, 1.82) is 0 Å². The molecule has 2 N–H and O–H groups in total. The van der Waals surface area contributed by atoms with Gasteiger partial charge in [-0.1, -0.05) is 36.4 Å². The molecule has 0 aromatic heterocycles. The van der Waals surface area contributed by atoms with Gasteiger partial charge >= 0.3 is 0 Å². The Kier molecular flexibility index (Phi) is 4.06. The zero-order valence-corrected chi connectivity index (χ0v) is 15.6. The van der Waals surface area contributed by atoms with E-state index in [9.17, 15) is 8.42 Å². The highest BCUT2D eigenvalue weighted by molar-refractivity contribution is 7.88. The lowest BCUT2D eigenvalue weighted by Crippen LogP contribution is -2.14. The lowest BCUT2D eigenvalue weighted by molar-refractivity contribution is 0.568. The number of sulfonamides is 1. The SMILES string of the molecule is NS(=O)(=O)Cc1ccc(C2=C(c3ccc(S)cc3)CC3(CC3)C2)cc1. The summed E-state index contributed by atoms with van der Waals surface area (Å²) in [4.78, 5) is 0.970. The first-order chi connectivity index (χ1) is 11.8. The number of nitrogens with two attached hydrogens (primary N) is 1. The largest absolute Gasteiger partial charge is 0.228 e. The molecule has 2 aromatic carbocycles. The third-order valence-corrected chi connectivity index (χ3v) is 6.34. The van der Waals surface area contributed by atoms with Crippen LogP contribution in [-0.4, -0.2) is 8.42 Å². The second-order valence-corrected chi connectivity index (χ2v) is 9.49. The van der Waals surface area contributed by atoms with Crippen LogP contribution in [0.1, 0.15) is 42.4 Å². The summed E-state index contributed by atoms with van der Waals surface area (Å²) in [7, 11) is -3.49. The van der Waals surface area contributed by atoms with Crippen LogP contribution in [0.15, 0.2) is 53.4 Å². The average molecular weight is 372 g/mol. The van der Waals surface area contributed by atoms with Gasteiger partial charge in [0.25, 0.3) is 0 Å². The second-order valence-electron chi connectivity index (χ2n) is 7.36. The minimum Gasteiger partial charge on any atom is -0.228 e. The minimum atomic E-state index is -3.49. The lowest BCUT2D eigenvalue weighted by atomic mass is 9.96. The van der Waals surface area contributed by atoms with E-state index >= 15 is 0 Å². The fourth-order valence-electron chi connectivity index (χ4n) is 3.81. The van der Waals surface area contributed by atoms with E-state index in [0.29, 0.717) is 5.41 Å². The monoisotopic (exact) mass is 371 g/mol. The molecule has 0 atom stereocenters. The van der Waals surface area contributed by atoms with E-state index in [1.54, 1.807) is 0 Å². The standard InChI is InChI=1S/C20H21NO2S2/c21-25(22,23)13-14-1-3-15(4-2-14)18-11-20(9-10-20)12-19(18)16-5-7-17(24)8-6-16/h1-8,24H,9-13H2,(H2,21,22,23). The van der Waals surface area contributed by atoms with Gasteiger partial charge in [-0.05, 0) is 71.1 Å². The Morgan fingerprint density at radius 2 is 1.36 bits per heavy atom. The van der Waals surface area contributed by atoms with Crippen molar-refractivity contribution in [1.82, 2.24) is 0 Å². The molecule has 2 aliphatic rings. The molecule has 3 nitrogen and oxygen atoms in total. The Labute approximate surface area is 154 Å². The van der Waals surface area contributed by atoms with Gasteiger partial charge in [-0.15, -0.1) is 12.6 Å². The van der Waals surface area contributed by atoms with E-state index in [2.05, 4.69) is 24.8 Å². The van der Waals surface area contributed by atoms with Crippen LogP contribution in [0.4, 0.5) is 0 Å². The van der Waals surface area contributed by atoms with Crippen molar-refractivity contribution in [3.05, 3.63) is 65.2 Å². The van der Waals surface area contributed by atoms with E-state index < -0.39 is 10.0 Å². The van der Waals surface area contributed by atoms with Gasteiger partial charge in [0.15, 0.2) is 0 Å².